The Kier molecular flexibility index (Phi) is 3.96. The number of hydrogen-bond acceptors (Lipinski definition) is 4. The van der Waals surface area contributed by atoms with Crippen molar-refractivity contribution in [2.75, 3.05) is 0 Å². The largest absolute Gasteiger partial charge is 0.345 e. The predicted octanol–water partition coefficient (Wildman–Crippen LogP) is 2.39. The van der Waals surface area contributed by atoms with E-state index in [9.17, 15) is 4.79 Å². The van der Waals surface area contributed by atoms with Gasteiger partial charge in [-0.15, -0.1) is 0 Å². The first kappa shape index (κ1) is 16.0. The van der Waals surface area contributed by atoms with E-state index in [2.05, 4.69) is 33.3 Å². The first-order chi connectivity index (χ1) is 12.6. The van der Waals surface area contributed by atoms with Crippen molar-refractivity contribution in [2.45, 2.75) is 13.5 Å². The van der Waals surface area contributed by atoms with Gasteiger partial charge < -0.3 is 9.88 Å². The number of aryl methyl sites for hydroxylation is 2. The second-order valence-electron chi connectivity index (χ2n) is 6.09. The molecule has 0 atom stereocenters. The van der Waals surface area contributed by atoms with Crippen LogP contribution < -0.4 is 5.32 Å². The highest BCUT2D eigenvalue weighted by Crippen LogP contribution is 2.18. The van der Waals surface area contributed by atoms with E-state index in [1.165, 1.54) is 0 Å². The average Bonchev–Trinajstić information content (AvgIpc) is 3.29. The fourth-order valence-electron chi connectivity index (χ4n) is 3.03. The van der Waals surface area contributed by atoms with E-state index in [4.69, 9.17) is 0 Å². The number of imidazole rings is 2. The second-order valence-corrected chi connectivity index (χ2v) is 6.09. The molecule has 1 amide bonds. The molecule has 130 valence electrons. The van der Waals surface area contributed by atoms with Crippen molar-refractivity contribution in [3.63, 3.8) is 0 Å². The maximum Gasteiger partial charge on any atom is 0.251 e. The minimum Gasteiger partial charge on any atom is -0.345 e. The molecular formula is C19H18N6O. The summed E-state index contributed by atoms with van der Waals surface area (Å²) >= 11 is 0. The van der Waals surface area contributed by atoms with E-state index in [-0.39, 0.29) is 5.91 Å². The number of hydrogen-bond donors (Lipinski definition) is 1. The van der Waals surface area contributed by atoms with Crippen LogP contribution in [0.25, 0.3) is 16.9 Å². The van der Waals surface area contributed by atoms with Crippen LogP contribution in [0.1, 0.15) is 21.7 Å². The number of aromatic nitrogens is 5. The molecule has 0 fully saturated rings. The van der Waals surface area contributed by atoms with Crippen LogP contribution in [0, 0.1) is 6.92 Å². The van der Waals surface area contributed by atoms with Gasteiger partial charge in [0.15, 0.2) is 0 Å². The number of fused-ring (bicyclic) bond motifs is 1. The van der Waals surface area contributed by atoms with E-state index in [0.717, 1.165) is 22.4 Å². The van der Waals surface area contributed by atoms with E-state index in [0.29, 0.717) is 17.9 Å². The van der Waals surface area contributed by atoms with Crippen LogP contribution in [-0.4, -0.2) is 30.0 Å². The Balaban J connectivity index is 1.54. The van der Waals surface area contributed by atoms with Crippen LogP contribution in [0.15, 0.2) is 55.2 Å². The molecule has 0 bridgehead atoms. The van der Waals surface area contributed by atoms with Crippen LogP contribution in [0.2, 0.25) is 0 Å². The number of nitrogens with zero attached hydrogens (tertiary/aromatic N) is 5. The van der Waals surface area contributed by atoms with Crippen LogP contribution in [0.4, 0.5) is 0 Å². The van der Waals surface area contributed by atoms with Gasteiger partial charge in [0.25, 0.3) is 5.91 Å². The number of benzene rings is 1. The molecule has 0 radical (unpaired) electrons. The van der Waals surface area contributed by atoms with Crippen LogP contribution in [-0.2, 0) is 13.6 Å². The summed E-state index contributed by atoms with van der Waals surface area (Å²) in [6.45, 7) is 2.41. The molecule has 0 aliphatic carbocycles. The predicted molar refractivity (Wildman–Crippen MR) is 98.0 cm³/mol. The Morgan fingerprint density at radius 1 is 1.23 bits per heavy atom. The lowest BCUT2D eigenvalue weighted by molar-refractivity contribution is 0.0949. The Morgan fingerprint density at radius 3 is 2.88 bits per heavy atom. The number of rotatable bonds is 4. The number of pyridine rings is 1. The number of carbonyl (C=O) groups is 1. The van der Waals surface area contributed by atoms with Crippen molar-refractivity contribution in [3.05, 3.63) is 72.2 Å². The maximum absolute atomic E-state index is 12.5. The smallest absolute Gasteiger partial charge is 0.251 e. The third-order valence-electron chi connectivity index (χ3n) is 4.37. The molecule has 3 heterocycles. The van der Waals surface area contributed by atoms with E-state index in [1.54, 1.807) is 41.6 Å². The van der Waals surface area contributed by atoms with E-state index >= 15 is 0 Å². The van der Waals surface area contributed by atoms with Crippen LogP contribution >= 0.6 is 0 Å². The monoisotopic (exact) mass is 346 g/mol. The van der Waals surface area contributed by atoms with E-state index < -0.39 is 0 Å². The molecule has 1 aromatic carbocycles. The fraction of sp³-hybridized carbons (Fsp3) is 0.158. The van der Waals surface area contributed by atoms with Crippen molar-refractivity contribution in [3.8, 4) is 5.82 Å². The summed E-state index contributed by atoms with van der Waals surface area (Å²) < 4.78 is 3.78. The second kappa shape index (κ2) is 6.44. The van der Waals surface area contributed by atoms with E-state index in [1.807, 2.05) is 23.7 Å². The number of carbonyl (C=O) groups excluding carboxylic acids is 1. The summed E-state index contributed by atoms with van der Waals surface area (Å²) in [5.74, 6) is 1.29. The summed E-state index contributed by atoms with van der Waals surface area (Å²) in [4.78, 5) is 25.4. The highest BCUT2D eigenvalue weighted by Gasteiger charge is 2.12. The molecule has 0 unspecified atom stereocenters. The summed E-state index contributed by atoms with van der Waals surface area (Å²) in [5, 5.41) is 2.93. The van der Waals surface area contributed by atoms with Crippen molar-refractivity contribution in [1.29, 1.82) is 0 Å². The van der Waals surface area contributed by atoms with Gasteiger partial charge >= 0.3 is 0 Å². The van der Waals surface area contributed by atoms with Crippen LogP contribution in [0.3, 0.4) is 0 Å². The quantitative estimate of drug-likeness (QED) is 0.615. The Hall–Kier alpha value is -3.48. The first-order valence-electron chi connectivity index (χ1n) is 8.27. The lowest BCUT2D eigenvalue weighted by Gasteiger charge is -2.07. The SMILES string of the molecule is Cc1cccc2nc(CNC(=O)c3ccnc(-n4ccnc4)c3)n(C)c12. The Morgan fingerprint density at radius 2 is 2.12 bits per heavy atom. The molecule has 7 nitrogen and oxygen atoms in total. The third-order valence-corrected chi connectivity index (χ3v) is 4.37. The third kappa shape index (κ3) is 2.83. The zero-order valence-electron chi connectivity index (χ0n) is 14.5. The molecule has 0 saturated carbocycles. The first-order valence-corrected chi connectivity index (χ1v) is 8.27. The standard InChI is InChI=1S/C19H18N6O/c1-13-4-3-5-15-18(13)24(2)17(23-15)11-22-19(26)14-6-7-21-16(10-14)25-9-8-20-12-25/h3-10,12H,11H2,1-2H3,(H,22,26). The maximum atomic E-state index is 12.5. The molecule has 0 spiro atoms. The Bertz CT molecular complexity index is 1080. The summed E-state index contributed by atoms with van der Waals surface area (Å²) in [7, 11) is 1.97. The lowest BCUT2D eigenvalue weighted by Crippen LogP contribution is -2.24. The molecule has 0 aliphatic heterocycles. The zero-order chi connectivity index (χ0) is 18.1. The van der Waals surface area contributed by atoms with Gasteiger partial charge in [-0.25, -0.2) is 15.0 Å². The molecule has 0 aliphatic rings. The van der Waals surface area contributed by atoms with Gasteiger partial charge in [-0.2, -0.15) is 0 Å². The van der Waals surface area contributed by atoms with Crippen molar-refractivity contribution in [2.24, 2.45) is 7.05 Å². The topological polar surface area (TPSA) is 77.6 Å². The summed E-state index contributed by atoms with van der Waals surface area (Å²) in [5.41, 5.74) is 3.72. The molecule has 3 aromatic heterocycles. The van der Waals surface area contributed by atoms with Gasteiger partial charge in [0.05, 0.1) is 17.6 Å². The number of para-hydroxylation sites is 1. The van der Waals surface area contributed by atoms with Gasteiger partial charge in [0.1, 0.15) is 18.0 Å². The van der Waals surface area contributed by atoms with Gasteiger partial charge in [-0.3, -0.25) is 9.36 Å². The highest BCUT2D eigenvalue weighted by atomic mass is 16.1. The van der Waals surface area contributed by atoms with Crippen molar-refractivity contribution >= 4 is 16.9 Å². The Labute approximate surface area is 150 Å². The molecule has 0 saturated heterocycles. The highest BCUT2D eigenvalue weighted by molar-refractivity contribution is 5.94. The number of amides is 1. The zero-order valence-corrected chi connectivity index (χ0v) is 14.5. The molecule has 4 aromatic rings. The number of nitrogens with one attached hydrogen (secondary N) is 1. The van der Waals surface area contributed by atoms with Crippen LogP contribution in [0.5, 0.6) is 0 Å². The molecule has 26 heavy (non-hydrogen) atoms. The summed E-state index contributed by atoms with van der Waals surface area (Å²) in [6, 6.07) is 9.45. The van der Waals surface area contributed by atoms with Gasteiger partial charge in [0.2, 0.25) is 0 Å². The minimum absolute atomic E-state index is 0.169. The average molecular weight is 346 g/mol. The molecular weight excluding hydrogens is 328 g/mol. The molecule has 4 rings (SSSR count). The van der Waals surface area contributed by atoms with Crippen molar-refractivity contribution < 1.29 is 4.79 Å². The molecule has 7 heteroatoms. The normalized spacial score (nSPS) is 11.0. The minimum atomic E-state index is -0.169. The van der Waals surface area contributed by atoms with Gasteiger partial charge in [-0.1, -0.05) is 12.1 Å². The summed E-state index contributed by atoms with van der Waals surface area (Å²) in [6.07, 6.45) is 6.71. The fourth-order valence-corrected chi connectivity index (χ4v) is 3.03. The van der Waals surface area contributed by atoms with Crippen molar-refractivity contribution in [1.82, 2.24) is 29.4 Å². The molecule has 1 N–H and O–H groups in total. The van der Waals surface area contributed by atoms with Gasteiger partial charge in [-0.05, 0) is 30.7 Å². The lowest BCUT2D eigenvalue weighted by atomic mass is 10.2. The van der Waals surface area contributed by atoms with Gasteiger partial charge in [0, 0.05) is 31.2 Å².